The zero-order valence-electron chi connectivity index (χ0n) is 11.0. The molecule has 3 heteroatoms. The number of aliphatic hydroxyl groups excluding tert-OH is 1. The molecule has 1 fully saturated rings. The molecule has 96 valence electrons. The molecule has 0 aromatic rings. The Hall–Kier alpha value is -0.120. The normalized spacial score (nSPS) is 33.2. The Balaban J connectivity index is 2.52. The maximum Gasteiger partial charge on any atom is 0.0659 e. The van der Waals surface area contributed by atoms with Crippen LogP contribution in [0.5, 0.6) is 0 Å². The number of hydrogen-bond acceptors (Lipinski definition) is 3. The first-order valence-electron chi connectivity index (χ1n) is 6.35. The summed E-state index contributed by atoms with van der Waals surface area (Å²) in [5.74, 6) is 0. The highest BCUT2D eigenvalue weighted by molar-refractivity contribution is 5.01. The van der Waals surface area contributed by atoms with E-state index in [0.717, 1.165) is 38.7 Å². The summed E-state index contributed by atoms with van der Waals surface area (Å²) in [6.07, 6.45) is 5.06. The van der Waals surface area contributed by atoms with Crippen molar-refractivity contribution < 1.29 is 9.84 Å². The Morgan fingerprint density at radius 2 is 2.00 bits per heavy atom. The molecule has 3 nitrogen and oxygen atoms in total. The highest BCUT2D eigenvalue weighted by Crippen LogP contribution is 2.51. The molecule has 0 saturated heterocycles. The Morgan fingerprint density at radius 1 is 1.31 bits per heavy atom. The van der Waals surface area contributed by atoms with Crippen molar-refractivity contribution in [3.63, 3.8) is 0 Å². The van der Waals surface area contributed by atoms with E-state index in [1.165, 1.54) is 0 Å². The molecule has 0 radical (unpaired) electrons. The van der Waals surface area contributed by atoms with Gasteiger partial charge in [-0.15, -0.1) is 0 Å². The second-order valence-electron chi connectivity index (χ2n) is 5.91. The quantitative estimate of drug-likeness (QED) is 0.684. The van der Waals surface area contributed by atoms with E-state index in [0.29, 0.717) is 6.54 Å². The minimum absolute atomic E-state index is 0.0284. The highest BCUT2D eigenvalue weighted by atomic mass is 16.5. The van der Waals surface area contributed by atoms with Gasteiger partial charge < -0.3 is 15.6 Å². The maximum absolute atomic E-state index is 10.4. The fourth-order valence-corrected chi connectivity index (χ4v) is 2.97. The molecule has 1 aliphatic rings. The van der Waals surface area contributed by atoms with Crippen molar-refractivity contribution in [2.24, 2.45) is 16.6 Å². The monoisotopic (exact) mass is 229 g/mol. The van der Waals surface area contributed by atoms with Crippen LogP contribution in [0.3, 0.4) is 0 Å². The molecule has 0 spiro atoms. The standard InChI is InChI=1S/C13H27NO2/c1-12(2)7-8-13(10-14,11(12)15)6-4-5-9-16-3/h11,15H,4-10,14H2,1-3H3. The van der Waals surface area contributed by atoms with Gasteiger partial charge in [0, 0.05) is 25.7 Å². The molecule has 0 aliphatic heterocycles. The van der Waals surface area contributed by atoms with E-state index < -0.39 is 0 Å². The number of hydrogen-bond donors (Lipinski definition) is 2. The summed E-state index contributed by atoms with van der Waals surface area (Å²) in [5.41, 5.74) is 5.89. The molecule has 0 heterocycles. The largest absolute Gasteiger partial charge is 0.392 e. The molecule has 0 amide bonds. The summed E-state index contributed by atoms with van der Waals surface area (Å²) in [7, 11) is 1.73. The number of ether oxygens (including phenoxy) is 1. The smallest absolute Gasteiger partial charge is 0.0659 e. The van der Waals surface area contributed by atoms with Crippen LogP contribution in [0.25, 0.3) is 0 Å². The van der Waals surface area contributed by atoms with Crippen LogP contribution >= 0.6 is 0 Å². The number of unbranched alkanes of at least 4 members (excludes halogenated alkanes) is 1. The summed E-state index contributed by atoms with van der Waals surface area (Å²) in [6, 6.07) is 0. The summed E-state index contributed by atoms with van der Waals surface area (Å²) in [5, 5.41) is 10.4. The molecule has 0 aromatic carbocycles. The van der Waals surface area contributed by atoms with Crippen molar-refractivity contribution in [1.82, 2.24) is 0 Å². The third-order valence-electron chi connectivity index (χ3n) is 4.27. The van der Waals surface area contributed by atoms with E-state index in [9.17, 15) is 5.11 Å². The topological polar surface area (TPSA) is 55.5 Å². The summed E-state index contributed by atoms with van der Waals surface area (Å²) >= 11 is 0. The minimum Gasteiger partial charge on any atom is -0.392 e. The molecule has 1 saturated carbocycles. The maximum atomic E-state index is 10.4. The molecule has 3 N–H and O–H groups in total. The van der Waals surface area contributed by atoms with Crippen molar-refractivity contribution in [1.29, 1.82) is 0 Å². The van der Waals surface area contributed by atoms with Crippen LogP contribution in [0.15, 0.2) is 0 Å². The van der Waals surface area contributed by atoms with Gasteiger partial charge in [0.2, 0.25) is 0 Å². The van der Waals surface area contributed by atoms with Gasteiger partial charge in [-0.1, -0.05) is 20.3 Å². The van der Waals surface area contributed by atoms with Crippen LogP contribution < -0.4 is 5.73 Å². The van der Waals surface area contributed by atoms with Gasteiger partial charge in [0.1, 0.15) is 0 Å². The van der Waals surface area contributed by atoms with Crippen LogP contribution in [0.4, 0.5) is 0 Å². The summed E-state index contributed by atoms with van der Waals surface area (Å²) < 4.78 is 5.05. The molecule has 2 atom stereocenters. The van der Waals surface area contributed by atoms with Gasteiger partial charge in [0.15, 0.2) is 0 Å². The Morgan fingerprint density at radius 3 is 2.44 bits per heavy atom. The Labute approximate surface area is 99.4 Å². The van der Waals surface area contributed by atoms with Gasteiger partial charge in [-0.25, -0.2) is 0 Å². The van der Waals surface area contributed by atoms with E-state index in [-0.39, 0.29) is 16.9 Å². The van der Waals surface area contributed by atoms with Gasteiger partial charge >= 0.3 is 0 Å². The first-order chi connectivity index (χ1) is 7.48. The highest BCUT2D eigenvalue weighted by Gasteiger charge is 2.50. The number of nitrogens with two attached hydrogens (primary N) is 1. The second kappa shape index (κ2) is 5.48. The predicted molar refractivity (Wildman–Crippen MR) is 66.2 cm³/mol. The van der Waals surface area contributed by atoms with Gasteiger partial charge in [0.05, 0.1) is 6.10 Å². The minimum atomic E-state index is -0.257. The van der Waals surface area contributed by atoms with E-state index >= 15 is 0 Å². The summed E-state index contributed by atoms with van der Waals surface area (Å²) in [6.45, 7) is 5.69. The first-order valence-corrected chi connectivity index (χ1v) is 6.35. The molecular formula is C13H27NO2. The molecule has 0 aromatic heterocycles. The lowest BCUT2D eigenvalue weighted by Gasteiger charge is -2.36. The second-order valence-corrected chi connectivity index (χ2v) is 5.91. The van der Waals surface area contributed by atoms with Crippen molar-refractivity contribution in [3.8, 4) is 0 Å². The molecule has 1 aliphatic carbocycles. The lowest BCUT2D eigenvalue weighted by atomic mass is 9.75. The number of aliphatic hydroxyl groups is 1. The van der Waals surface area contributed by atoms with Crippen LogP contribution in [0.1, 0.15) is 46.0 Å². The van der Waals surface area contributed by atoms with E-state index in [4.69, 9.17) is 10.5 Å². The molecule has 2 unspecified atom stereocenters. The predicted octanol–water partition coefficient (Wildman–Crippen LogP) is 1.93. The van der Waals surface area contributed by atoms with E-state index in [2.05, 4.69) is 13.8 Å². The van der Waals surface area contributed by atoms with Crippen molar-refractivity contribution in [3.05, 3.63) is 0 Å². The Kier molecular flexibility index (Phi) is 4.77. The average molecular weight is 229 g/mol. The number of rotatable bonds is 6. The van der Waals surface area contributed by atoms with Crippen LogP contribution in [0.2, 0.25) is 0 Å². The Bertz CT molecular complexity index is 218. The van der Waals surface area contributed by atoms with Crippen molar-refractivity contribution in [2.45, 2.75) is 52.1 Å². The fraction of sp³-hybridized carbons (Fsp3) is 1.00. The third kappa shape index (κ3) is 2.76. The lowest BCUT2D eigenvalue weighted by Crippen LogP contribution is -2.42. The van der Waals surface area contributed by atoms with Gasteiger partial charge in [-0.05, 0) is 31.1 Å². The van der Waals surface area contributed by atoms with Gasteiger partial charge in [-0.3, -0.25) is 0 Å². The van der Waals surface area contributed by atoms with E-state index in [1.54, 1.807) is 7.11 Å². The van der Waals surface area contributed by atoms with Crippen LogP contribution in [0, 0.1) is 10.8 Å². The van der Waals surface area contributed by atoms with Crippen molar-refractivity contribution in [2.75, 3.05) is 20.3 Å². The lowest BCUT2D eigenvalue weighted by molar-refractivity contribution is -0.0109. The molecule has 1 rings (SSSR count). The summed E-state index contributed by atoms with van der Waals surface area (Å²) in [4.78, 5) is 0. The van der Waals surface area contributed by atoms with Crippen LogP contribution in [-0.2, 0) is 4.74 Å². The zero-order chi connectivity index (χ0) is 12.2. The molecule has 0 bridgehead atoms. The third-order valence-corrected chi connectivity index (χ3v) is 4.27. The van der Waals surface area contributed by atoms with Gasteiger partial charge in [-0.2, -0.15) is 0 Å². The average Bonchev–Trinajstić information content (AvgIpc) is 2.49. The fourth-order valence-electron chi connectivity index (χ4n) is 2.97. The van der Waals surface area contributed by atoms with Crippen molar-refractivity contribution >= 4 is 0 Å². The van der Waals surface area contributed by atoms with Gasteiger partial charge in [0.25, 0.3) is 0 Å². The van der Waals surface area contributed by atoms with E-state index in [1.807, 2.05) is 0 Å². The van der Waals surface area contributed by atoms with Crippen LogP contribution in [-0.4, -0.2) is 31.5 Å². The number of methoxy groups -OCH3 is 1. The molecular weight excluding hydrogens is 202 g/mol. The zero-order valence-corrected chi connectivity index (χ0v) is 11.0. The molecule has 16 heavy (non-hydrogen) atoms. The first kappa shape index (κ1) is 13.9. The SMILES string of the molecule is COCCCCC1(CN)CCC(C)(C)C1O.